The van der Waals surface area contributed by atoms with Crippen molar-refractivity contribution in [1.82, 2.24) is 10.6 Å². The average Bonchev–Trinajstić information content (AvgIpc) is 2.84. The number of carbonyl (C=O) groups excluding carboxylic acids is 2. The van der Waals surface area contributed by atoms with Crippen molar-refractivity contribution >= 4 is 29.1 Å². The van der Waals surface area contributed by atoms with Gasteiger partial charge in [-0.05, 0) is 43.2 Å². The summed E-state index contributed by atoms with van der Waals surface area (Å²) in [6, 6.07) is 21.2. The molecule has 4 rings (SSSR count). The highest BCUT2D eigenvalue weighted by molar-refractivity contribution is 6.31. The first-order chi connectivity index (χ1) is 16.5. The van der Waals surface area contributed by atoms with Crippen LogP contribution >= 0.6 is 11.6 Å². The van der Waals surface area contributed by atoms with Crippen LogP contribution in [0.1, 0.15) is 36.6 Å². The van der Waals surface area contributed by atoms with Crippen molar-refractivity contribution in [2.45, 2.75) is 26.5 Å². The summed E-state index contributed by atoms with van der Waals surface area (Å²) in [5, 5.41) is 6.30. The van der Waals surface area contributed by atoms with Crippen LogP contribution in [0.4, 0.5) is 4.79 Å². The first kappa shape index (κ1) is 23.4. The molecule has 0 saturated heterocycles. The summed E-state index contributed by atoms with van der Waals surface area (Å²) >= 11 is 6.25. The molecule has 0 aliphatic carbocycles. The van der Waals surface area contributed by atoms with Crippen molar-refractivity contribution in [3.8, 4) is 11.5 Å². The molecule has 3 aromatic carbocycles. The van der Waals surface area contributed by atoms with Crippen LogP contribution in [0.3, 0.4) is 0 Å². The number of nitrogens with one attached hydrogen (secondary N) is 2. The Balaban J connectivity index is 1.71. The molecule has 1 aliphatic heterocycles. The van der Waals surface area contributed by atoms with Gasteiger partial charge in [-0.15, -0.1) is 0 Å². The highest BCUT2D eigenvalue weighted by Gasteiger charge is 2.32. The molecule has 1 aliphatic rings. The van der Waals surface area contributed by atoms with Gasteiger partial charge < -0.3 is 20.1 Å². The summed E-state index contributed by atoms with van der Waals surface area (Å²) in [5.74, 6) is 0.916. The SMILES string of the molecule is CCOc1cc([C@H]2NC(=O)NC(c3ccccc3)=C2C(C)=O)ccc1OCc1ccccc1Cl. The van der Waals surface area contributed by atoms with Crippen molar-refractivity contribution < 1.29 is 19.1 Å². The largest absolute Gasteiger partial charge is 0.490 e. The minimum atomic E-state index is -0.640. The Kier molecular flexibility index (Phi) is 7.18. The van der Waals surface area contributed by atoms with Crippen LogP contribution in [0.2, 0.25) is 5.02 Å². The lowest BCUT2D eigenvalue weighted by atomic mass is 9.90. The van der Waals surface area contributed by atoms with Crippen LogP contribution in [0.15, 0.2) is 78.4 Å². The fourth-order valence-electron chi connectivity index (χ4n) is 3.89. The summed E-state index contributed by atoms with van der Waals surface area (Å²) in [6.07, 6.45) is 0. The van der Waals surface area contributed by atoms with Gasteiger partial charge in [-0.1, -0.05) is 66.2 Å². The molecule has 0 bridgehead atoms. The zero-order valence-corrected chi connectivity index (χ0v) is 19.7. The fourth-order valence-corrected chi connectivity index (χ4v) is 4.08. The quantitative estimate of drug-likeness (QED) is 0.439. The van der Waals surface area contributed by atoms with Crippen LogP contribution < -0.4 is 20.1 Å². The maximum atomic E-state index is 12.7. The minimum Gasteiger partial charge on any atom is -0.490 e. The molecule has 1 heterocycles. The van der Waals surface area contributed by atoms with E-state index in [1.165, 1.54) is 6.92 Å². The van der Waals surface area contributed by atoms with Crippen LogP contribution in [0.25, 0.3) is 5.70 Å². The number of rotatable bonds is 8. The molecule has 6 nitrogen and oxygen atoms in total. The van der Waals surface area contributed by atoms with Gasteiger partial charge in [-0.25, -0.2) is 4.79 Å². The molecule has 3 aromatic rings. The van der Waals surface area contributed by atoms with E-state index in [2.05, 4.69) is 10.6 Å². The summed E-state index contributed by atoms with van der Waals surface area (Å²) < 4.78 is 11.8. The highest BCUT2D eigenvalue weighted by atomic mass is 35.5. The zero-order valence-electron chi connectivity index (χ0n) is 18.9. The van der Waals surface area contributed by atoms with E-state index in [1.54, 1.807) is 12.1 Å². The zero-order chi connectivity index (χ0) is 24.1. The van der Waals surface area contributed by atoms with Gasteiger partial charge in [-0.2, -0.15) is 0 Å². The lowest BCUT2D eigenvalue weighted by Gasteiger charge is -2.30. The van der Waals surface area contributed by atoms with Gasteiger partial charge in [-0.3, -0.25) is 4.79 Å². The van der Waals surface area contributed by atoms with Crippen molar-refractivity contribution in [2.75, 3.05) is 6.61 Å². The maximum Gasteiger partial charge on any atom is 0.320 e. The fraction of sp³-hybridized carbons (Fsp3) is 0.185. The lowest BCUT2D eigenvalue weighted by molar-refractivity contribution is -0.113. The number of benzene rings is 3. The molecule has 0 aromatic heterocycles. The number of hydrogen-bond donors (Lipinski definition) is 2. The first-order valence-corrected chi connectivity index (χ1v) is 11.4. The molecular weight excluding hydrogens is 452 g/mol. The molecule has 1 atom stereocenters. The Labute approximate surface area is 203 Å². The predicted octanol–water partition coefficient (Wildman–Crippen LogP) is 5.67. The van der Waals surface area contributed by atoms with Gasteiger partial charge >= 0.3 is 6.03 Å². The van der Waals surface area contributed by atoms with E-state index in [1.807, 2.05) is 67.6 Å². The normalized spacial score (nSPS) is 15.4. The summed E-state index contributed by atoms with van der Waals surface area (Å²) in [5.41, 5.74) is 3.30. The third-order valence-corrected chi connectivity index (χ3v) is 5.82. The molecule has 0 radical (unpaired) electrons. The third kappa shape index (κ3) is 5.07. The minimum absolute atomic E-state index is 0.145. The summed E-state index contributed by atoms with van der Waals surface area (Å²) in [6.45, 7) is 4.08. The standard InChI is InChI=1S/C27H25ClN2O4/c1-3-33-23-15-19(13-14-22(23)34-16-20-11-7-8-12-21(20)28)26-24(17(2)31)25(29-27(32)30-26)18-9-5-4-6-10-18/h4-15,26H,3,16H2,1-2H3,(H2,29,30,32)/t26-/m1/s1. The molecule has 34 heavy (non-hydrogen) atoms. The van der Waals surface area contributed by atoms with Crippen LogP contribution in [0.5, 0.6) is 11.5 Å². The van der Waals surface area contributed by atoms with Gasteiger partial charge in [0.2, 0.25) is 0 Å². The molecular formula is C27H25ClN2O4. The van der Waals surface area contributed by atoms with Gasteiger partial charge in [0, 0.05) is 16.2 Å². The Hall–Kier alpha value is -3.77. The van der Waals surface area contributed by atoms with E-state index in [0.29, 0.717) is 40.0 Å². The number of hydrogen-bond acceptors (Lipinski definition) is 4. The predicted molar refractivity (Wildman–Crippen MR) is 132 cm³/mol. The molecule has 0 unspecified atom stereocenters. The number of Topliss-reactive ketones (excluding diaryl/α,β-unsaturated/α-hetero) is 1. The van der Waals surface area contributed by atoms with Crippen LogP contribution in [-0.2, 0) is 11.4 Å². The van der Waals surface area contributed by atoms with Gasteiger partial charge in [0.05, 0.1) is 18.3 Å². The van der Waals surface area contributed by atoms with E-state index in [4.69, 9.17) is 21.1 Å². The Morgan fingerprint density at radius 1 is 0.971 bits per heavy atom. The van der Waals surface area contributed by atoms with E-state index in [-0.39, 0.29) is 18.4 Å². The highest BCUT2D eigenvalue weighted by Crippen LogP contribution is 2.37. The third-order valence-electron chi connectivity index (χ3n) is 5.46. The summed E-state index contributed by atoms with van der Waals surface area (Å²) in [7, 11) is 0. The number of amides is 2. The topological polar surface area (TPSA) is 76.7 Å². The van der Waals surface area contributed by atoms with Crippen molar-refractivity contribution in [2.24, 2.45) is 0 Å². The van der Waals surface area contributed by atoms with Crippen LogP contribution in [-0.4, -0.2) is 18.4 Å². The summed E-state index contributed by atoms with van der Waals surface area (Å²) in [4.78, 5) is 25.3. The second-order valence-corrected chi connectivity index (χ2v) is 8.17. The molecule has 7 heteroatoms. The van der Waals surface area contributed by atoms with Gasteiger partial charge in [0.1, 0.15) is 6.61 Å². The van der Waals surface area contributed by atoms with E-state index >= 15 is 0 Å². The smallest absolute Gasteiger partial charge is 0.320 e. The number of urea groups is 1. The van der Waals surface area contributed by atoms with Crippen molar-refractivity contribution in [3.63, 3.8) is 0 Å². The van der Waals surface area contributed by atoms with Crippen molar-refractivity contribution in [3.05, 3.63) is 100 Å². The Morgan fingerprint density at radius 3 is 2.41 bits per heavy atom. The second kappa shape index (κ2) is 10.4. The first-order valence-electron chi connectivity index (χ1n) is 11.0. The maximum absolute atomic E-state index is 12.7. The number of carbonyl (C=O) groups is 2. The monoisotopic (exact) mass is 476 g/mol. The number of halogens is 1. The molecule has 2 amide bonds. The number of ketones is 1. The average molecular weight is 477 g/mol. The second-order valence-electron chi connectivity index (χ2n) is 7.76. The molecule has 2 N–H and O–H groups in total. The van der Waals surface area contributed by atoms with Crippen molar-refractivity contribution in [1.29, 1.82) is 0 Å². The molecule has 0 spiro atoms. The molecule has 0 fully saturated rings. The van der Waals surface area contributed by atoms with E-state index in [0.717, 1.165) is 11.1 Å². The van der Waals surface area contributed by atoms with Gasteiger partial charge in [0.15, 0.2) is 17.3 Å². The Morgan fingerprint density at radius 2 is 1.71 bits per heavy atom. The Bertz CT molecular complexity index is 1240. The lowest BCUT2D eigenvalue weighted by Crippen LogP contribution is -2.44. The number of ether oxygens (including phenoxy) is 2. The van der Waals surface area contributed by atoms with E-state index in [9.17, 15) is 9.59 Å². The van der Waals surface area contributed by atoms with E-state index < -0.39 is 6.04 Å². The molecule has 0 saturated carbocycles. The molecule has 174 valence electrons. The van der Waals surface area contributed by atoms with Crippen LogP contribution in [0, 0.1) is 0 Å². The van der Waals surface area contributed by atoms with Gasteiger partial charge in [0.25, 0.3) is 0 Å².